The molecule has 1 fully saturated rings. The summed E-state index contributed by atoms with van der Waals surface area (Å²) in [4.78, 5) is 14.2. The Morgan fingerprint density at radius 1 is 1.32 bits per heavy atom. The minimum atomic E-state index is -0.119. The van der Waals surface area contributed by atoms with Crippen LogP contribution in [-0.2, 0) is 4.79 Å². The summed E-state index contributed by atoms with van der Waals surface area (Å²) in [6.07, 6.45) is 3.38. The van der Waals surface area contributed by atoms with E-state index in [1.807, 2.05) is 0 Å². The van der Waals surface area contributed by atoms with Crippen LogP contribution in [0.15, 0.2) is 35.8 Å². The van der Waals surface area contributed by atoms with Gasteiger partial charge < -0.3 is 0 Å². The maximum Gasteiger partial charge on any atom is 0.266 e. The lowest BCUT2D eigenvalue weighted by molar-refractivity contribution is -0.121. The van der Waals surface area contributed by atoms with E-state index in [-0.39, 0.29) is 5.91 Å². The summed E-state index contributed by atoms with van der Waals surface area (Å²) in [6, 6.07) is 5.13. The maximum absolute atomic E-state index is 12.1. The van der Waals surface area contributed by atoms with E-state index in [0.717, 1.165) is 5.56 Å². The van der Waals surface area contributed by atoms with E-state index in [2.05, 4.69) is 6.58 Å². The lowest BCUT2D eigenvalue weighted by atomic mass is 10.2. The molecule has 1 amide bonds. The number of amides is 1. The highest BCUT2D eigenvalue weighted by Gasteiger charge is 2.30. The van der Waals surface area contributed by atoms with Gasteiger partial charge in [0.25, 0.3) is 5.91 Å². The van der Waals surface area contributed by atoms with Crippen molar-refractivity contribution in [3.05, 3.63) is 51.4 Å². The number of thiocarbonyl (C=S) groups is 1. The number of rotatable bonds is 3. The molecule has 2 rings (SSSR count). The van der Waals surface area contributed by atoms with Crippen LogP contribution in [0, 0.1) is 0 Å². The fourth-order valence-corrected chi connectivity index (χ4v) is 3.41. The summed E-state index contributed by atoms with van der Waals surface area (Å²) in [5.74, 6) is -0.119. The SMILES string of the molecule is C=CCN1C(=O)/C(=C/c2cc(Cl)cc(Cl)c2)SC1=S. The average Bonchev–Trinajstić information content (AvgIpc) is 2.56. The largest absolute Gasteiger partial charge is 0.289 e. The second-order valence-corrected chi connectivity index (χ2v) is 6.33. The predicted molar refractivity (Wildman–Crippen MR) is 86.5 cm³/mol. The Balaban J connectivity index is 2.32. The van der Waals surface area contributed by atoms with Crippen LogP contribution in [0.25, 0.3) is 6.08 Å². The first-order valence-electron chi connectivity index (χ1n) is 5.33. The molecule has 0 saturated carbocycles. The Hall–Kier alpha value is -0.810. The van der Waals surface area contributed by atoms with Gasteiger partial charge in [0, 0.05) is 16.6 Å². The van der Waals surface area contributed by atoms with E-state index in [0.29, 0.717) is 25.8 Å². The minimum absolute atomic E-state index is 0.119. The highest BCUT2D eigenvalue weighted by atomic mass is 35.5. The Morgan fingerprint density at radius 3 is 2.53 bits per heavy atom. The maximum atomic E-state index is 12.1. The summed E-state index contributed by atoms with van der Waals surface area (Å²) in [5, 5.41) is 1.06. The quantitative estimate of drug-likeness (QED) is 0.466. The Bertz CT molecular complexity index is 578. The number of carbonyl (C=O) groups excluding carboxylic acids is 1. The van der Waals surface area contributed by atoms with Gasteiger partial charge in [0.1, 0.15) is 4.32 Å². The Morgan fingerprint density at radius 2 is 1.95 bits per heavy atom. The van der Waals surface area contributed by atoms with Gasteiger partial charge in [0.2, 0.25) is 0 Å². The van der Waals surface area contributed by atoms with Gasteiger partial charge in [-0.1, -0.05) is 53.3 Å². The van der Waals surface area contributed by atoms with Gasteiger partial charge in [-0.25, -0.2) is 0 Å². The van der Waals surface area contributed by atoms with E-state index < -0.39 is 0 Å². The van der Waals surface area contributed by atoms with Crippen molar-refractivity contribution in [3.8, 4) is 0 Å². The third-order valence-electron chi connectivity index (χ3n) is 2.37. The van der Waals surface area contributed by atoms with Crippen LogP contribution < -0.4 is 0 Å². The minimum Gasteiger partial charge on any atom is -0.289 e. The van der Waals surface area contributed by atoms with E-state index >= 15 is 0 Å². The molecule has 1 aromatic rings. The summed E-state index contributed by atoms with van der Waals surface area (Å²) in [5.41, 5.74) is 0.775. The van der Waals surface area contributed by atoms with Crippen molar-refractivity contribution in [2.45, 2.75) is 0 Å². The number of hydrogen-bond acceptors (Lipinski definition) is 3. The molecule has 1 aromatic carbocycles. The van der Waals surface area contributed by atoms with E-state index in [9.17, 15) is 4.79 Å². The Kier molecular flexibility index (Phi) is 4.68. The number of hydrogen-bond donors (Lipinski definition) is 0. The molecule has 0 aliphatic carbocycles. The van der Waals surface area contributed by atoms with Gasteiger partial charge in [-0.15, -0.1) is 6.58 Å². The van der Waals surface area contributed by atoms with Crippen LogP contribution in [0.5, 0.6) is 0 Å². The van der Waals surface area contributed by atoms with Crippen molar-refractivity contribution in [1.82, 2.24) is 4.90 Å². The van der Waals surface area contributed by atoms with Gasteiger partial charge in [-0.3, -0.25) is 9.69 Å². The van der Waals surface area contributed by atoms with Crippen molar-refractivity contribution >= 4 is 63.5 Å². The van der Waals surface area contributed by atoms with E-state index in [1.54, 1.807) is 30.4 Å². The molecule has 1 aliphatic rings. The zero-order chi connectivity index (χ0) is 14.0. The summed E-state index contributed by atoms with van der Waals surface area (Å²) < 4.78 is 0.532. The average molecular weight is 330 g/mol. The third kappa shape index (κ3) is 3.39. The number of thioether (sulfide) groups is 1. The number of halogens is 2. The van der Waals surface area contributed by atoms with Gasteiger partial charge in [-0.2, -0.15) is 0 Å². The standard InChI is InChI=1S/C13H9Cl2NOS2/c1-2-3-16-12(17)11(19-13(16)18)6-8-4-9(14)7-10(15)5-8/h2,4-7H,1,3H2/b11-6-. The lowest BCUT2D eigenvalue weighted by Crippen LogP contribution is -2.27. The van der Waals surface area contributed by atoms with Crippen molar-refractivity contribution in [3.63, 3.8) is 0 Å². The van der Waals surface area contributed by atoms with Crippen LogP contribution in [0.4, 0.5) is 0 Å². The molecule has 0 spiro atoms. The zero-order valence-corrected chi connectivity index (χ0v) is 12.9. The zero-order valence-electron chi connectivity index (χ0n) is 9.73. The van der Waals surface area contributed by atoms with Crippen molar-refractivity contribution in [2.75, 3.05) is 6.54 Å². The summed E-state index contributed by atoms with van der Waals surface area (Å²) in [7, 11) is 0. The highest BCUT2D eigenvalue weighted by Crippen LogP contribution is 2.33. The molecule has 19 heavy (non-hydrogen) atoms. The van der Waals surface area contributed by atoms with Gasteiger partial charge in [0.05, 0.1) is 4.91 Å². The van der Waals surface area contributed by atoms with Crippen molar-refractivity contribution in [1.29, 1.82) is 0 Å². The summed E-state index contributed by atoms with van der Waals surface area (Å²) >= 11 is 18.3. The molecule has 0 bridgehead atoms. The normalized spacial score (nSPS) is 17.4. The molecule has 0 aromatic heterocycles. The van der Waals surface area contributed by atoms with Gasteiger partial charge in [-0.05, 0) is 29.8 Å². The van der Waals surface area contributed by atoms with Crippen molar-refractivity contribution in [2.24, 2.45) is 0 Å². The molecule has 6 heteroatoms. The first-order chi connectivity index (χ1) is 9.01. The fraction of sp³-hybridized carbons (Fsp3) is 0.0769. The monoisotopic (exact) mass is 329 g/mol. The summed E-state index contributed by atoms with van der Waals surface area (Å²) in [6.45, 7) is 4.02. The molecule has 1 aliphatic heterocycles. The number of nitrogens with zero attached hydrogens (tertiary/aromatic N) is 1. The van der Waals surface area contributed by atoms with Crippen molar-refractivity contribution < 1.29 is 4.79 Å². The molecule has 0 unspecified atom stereocenters. The molecular weight excluding hydrogens is 321 g/mol. The first kappa shape index (κ1) is 14.6. The molecule has 1 saturated heterocycles. The lowest BCUT2D eigenvalue weighted by Gasteiger charge is -2.10. The second kappa shape index (κ2) is 6.09. The molecule has 0 atom stereocenters. The molecule has 98 valence electrons. The predicted octanol–water partition coefficient (Wildman–Crippen LogP) is 4.38. The molecule has 1 heterocycles. The van der Waals surface area contributed by atoms with Crippen LogP contribution in [0.1, 0.15) is 5.56 Å². The molecule has 2 nitrogen and oxygen atoms in total. The fourth-order valence-electron chi connectivity index (χ4n) is 1.60. The first-order valence-corrected chi connectivity index (χ1v) is 7.31. The Labute approximate surface area is 131 Å². The third-order valence-corrected chi connectivity index (χ3v) is 4.18. The van der Waals surface area contributed by atoms with E-state index in [1.165, 1.54) is 16.7 Å². The van der Waals surface area contributed by atoms with Crippen LogP contribution in [0.3, 0.4) is 0 Å². The van der Waals surface area contributed by atoms with Crippen LogP contribution in [-0.4, -0.2) is 21.7 Å². The van der Waals surface area contributed by atoms with Gasteiger partial charge in [0.15, 0.2) is 0 Å². The smallest absolute Gasteiger partial charge is 0.266 e. The molecule has 0 N–H and O–H groups in total. The second-order valence-electron chi connectivity index (χ2n) is 3.78. The number of benzene rings is 1. The number of carbonyl (C=O) groups is 1. The van der Waals surface area contributed by atoms with E-state index in [4.69, 9.17) is 35.4 Å². The van der Waals surface area contributed by atoms with Crippen LogP contribution >= 0.6 is 47.2 Å². The molecule has 0 radical (unpaired) electrons. The topological polar surface area (TPSA) is 20.3 Å². The molecular formula is C13H9Cl2NOS2. The van der Waals surface area contributed by atoms with Gasteiger partial charge >= 0.3 is 0 Å². The van der Waals surface area contributed by atoms with Crippen LogP contribution in [0.2, 0.25) is 10.0 Å². The highest BCUT2D eigenvalue weighted by molar-refractivity contribution is 8.26.